The van der Waals surface area contributed by atoms with Gasteiger partial charge in [-0.3, -0.25) is 0 Å². The van der Waals surface area contributed by atoms with Crippen molar-refractivity contribution in [1.82, 2.24) is 15.0 Å². The second-order valence-corrected chi connectivity index (χ2v) is 3.63. The van der Waals surface area contributed by atoms with Crippen LogP contribution in [0.4, 0.5) is 14.5 Å². The first-order valence-corrected chi connectivity index (χ1v) is 5.18. The van der Waals surface area contributed by atoms with Crippen LogP contribution in [0.3, 0.4) is 0 Å². The molecule has 0 aliphatic carbocycles. The number of halogens is 2. The van der Waals surface area contributed by atoms with Gasteiger partial charge in [-0.05, 0) is 31.2 Å². The molecule has 0 aliphatic heterocycles. The average molecular weight is 238 g/mol. The minimum atomic E-state index is -2.39. The van der Waals surface area contributed by atoms with Crippen LogP contribution in [0.2, 0.25) is 0 Å². The molecule has 1 aromatic heterocycles. The van der Waals surface area contributed by atoms with Crippen LogP contribution in [0.25, 0.3) is 5.69 Å². The van der Waals surface area contributed by atoms with E-state index >= 15 is 0 Å². The fourth-order valence-electron chi connectivity index (χ4n) is 1.37. The molecule has 1 N–H and O–H groups in total. The summed E-state index contributed by atoms with van der Waals surface area (Å²) in [6.07, 6.45) is 0.762. The lowest BCUT2D eigenvalue weighted by Crippen LogP contribution is -2.23. The van der Waals surface area contributed by atoms with Gasteiger partial charge in [-0.2, -0.15) is 15.0 Å². The summed E-state index contributed by atoms with van der Waals surface area (Å²) in [4.78, 5) is 1.46. The number of hydrogen-bond acceptors (Lipinski definition) is 3. The van der Waals surface area contributed by atoms with Gasteiger partial charge in [-0.15, -0.1) is 0 Å². The van der Waals surface area contributed by atoms with Gasteiger partial charge >= 0.3 is 0 Å². The lowest BCUT2D eigenvalue weighted by molar-refractivity contribution is 0.131. The van der Waals surface area contributed by atoms with E-state index in [1.54, 1.807) is 36.7 Å². The van der Waals surface area contributed by atoms with Gasteiger partial charge in [-0.25, -0.2) is 8.78 Å². The number of nitrogens with one attached hydrogen (secondary N) is 1. The molecule has 1 unspecified atom stereocenters. The van der Waals surface area contributed by atoms with Crippen LogP contribution in [0.5, 0.6) is 0 Å². The van der Waals surface area contributed by atoms with Gasteiger partial charge in [0.1, 0.15) is 0 Å². The summed E-state index contributed by atoms with van der Waals surface area (Å²) < 4.78 is 24.7. The van der Waals surface area contributed by atoms with E-state index in [1.165, 1.54) is 11.7 Å². The first-order chi connectivity index (χ1) is 8.16. The number of aromatic nitrogens is 3. The highest BCUT2D eigenvalue weighted by Crippen LogP contribution is 2.14. The molecule has 90 valence electrons. The SMILES string of the molecule is CC(Nc1ccc(-n2nccn2)cc1)C(F)F. The second kappa shape index (κ2) is 4.90. The van der Waals surface area contributed by atoms with E-state index in [9.17, 15) is 8.78 Å². The van der Waals surface area contributed by atoms with Crippen LogP contribution in [-0.2, 0) is 0 Å². The highest BCUT2D eigenvalue weighted by Gasteiger charge is 2.13. The van der Waals surface area contributed by atoms with Crippen molar-refractivity contribution in [2.45, 2.75) is 19.4 Å². The molecule has 0 radical (unpaired) electrons. The number of hydrogen-bond donors (Lipinski definition) is 1. The van der Waals surface area contributed by atoms with Crippen LogP contribution in [0, 0.1) is 0 Å². The lowest BCUT2D eigenvalue weighted by Gasteiger charge is -2.14. The summed E-state index contributed by atoms with van der Waals surface area (Å²) in [5.41, 5.74) is 1.43. The molecule has 0 saturated heterocycles. The van der Waals surface area contributed by atoms with E-state index in [4.69, 9.17) is 0 Å². The van der Waals surface area contributed by atoms with E-state index in [2.05, 4.69) is 15.5 Å². The number of anilines is 1. The minimum absolute atomic E-state index is 0.647. The van der Waals surface area contributed by atoms with E-state index in [-0.39, 0.29) is 0 Å². The number of alkyl halides is 2. The third-order valence-electron chi connectivity index (χ3n) is 2.29. The van der Waals surface area contributed by atoms with Gasteiger partial charge in [0.2, 0.25) is 0 Å². The average Bonchev–Trinajstić information content (AvgIpc) is 2.83. The molecule has 0 spiro atoms. The number of nitrogens with zero attached hydrogens (tertiary/aromatic N) is 3. The normalized spacial score (nSPS) is 12.7. The van der Waals surface area contributed by atoms with Crippen LogP contribution in [0.1, 0.15) is 6.92 Å². The van der Waals surface area contributed by atoms with Crippen LogP contribution in [0.15, 0.2) is 36.7 Å². The molecule has 17 heavy (non-hydrogen) atoms. The van der Waals surface area contributed by atoms with Gasteiger partial charge < -0.3 is 5.32 Å². The maximum absolute atomic E-state index is 12.3. The second-order valence-electron chi connectivity index (χ2n) is 3.63. The van der Waals surface area contributed by atoms with Crippen molar-refractivity contribution in [3.63, 3.8) is 0 Å². The van der Waals surface area contributed by atoms with Crippen molar-refractivity contribution in [1.29, 1.82) is 0 Å². The Kier molecular flexibility index (Phi) is 3.32. The Balaban J connectivity index is 2.08. The zero-order valence-corrected chi connectivity index (χ0v) is 9.22. The van der Waals surface area contributed by atoms with Gasteiger partial charge in [0, 0.05) is 5.69 Å². The maximum Gasteiger partial charge on any atom is 0.258 e. The first-order valence-electron chi connectivity index (χ1n) is 5.18. The Morgan fingerprint density at radius 2 is 1.71 bits per heavy atom. The Morgan fingerprint density at radius 3 is 2.24 bits per heavy atom. The number of rotatable bonds is 4. The third kappa shape index (κ3) is 2.77. The standard InChI is InChI=1S/C11H12F2N4/c1-8(11(12)13)16-9-2-4-10(5-3-9)17-14-6-7-15-17/h2-8,11,16H,1H3. The maximum atomic E-state index is 12.3. The van der Waals surface area contributed by atoms with Crippen molar-refractivity contribution < 1.29 is 8.78 Å². The summed E-state index contributed by atoms with van der Waals surface area (Å²) in [6.45, 7) is 1.44. The summed E-state index contributed by atoms with van der Waals surface area (Å²) in [6, 6.07) is 6.10. The van der Waals surface area contributed by atoms with Crippen molar-refractivity contribution in [2.75, 3.05) is 5.32 Å². The molecule has 2 aromatic rings. The fraction of sp³-hybridized carbons (Fsp3) is 0.273. The molecule has 4 nitrogen and oxygen atoms in total. The first kappa shape index (κ1) is 11.5. The molecule has 2 rings (SSSR count). The molecule has 1 atom stereocenters. The summed E-state index contributed by atoms with van der Waals surface area (Å²) in [7, 11) is 0. The molecule has 1 aromatic carbocycles. The topological polar surface area (TPSA) is 42.7 Å². The van der Waals surface area contributed by atoms with Crippen molar-refractivity contribution in [3.8, 4) is 5.69 Å². The molecular weight excluding hydrogens is 226 g/mol. The van der Waals surface area contributed by atoms with Gasteiger partial charge in [0.15, 0.2) is 0 Å². The summed E-state index contributed by atoms with van der Waals surface area (Å²) >= 11 is 0. The van der Waals surface area contributed by atoms with Crippen LogP contribution >= 0.6 is 0 Å². The smallest absolute Gasteiger partial charge is 0.258 e. The highest BCUT2D eigenvalue weighted by atomic mass is 19.3. The number of benzene rings is 1. The van der Waals surface area contributed by atoms with Gasteiger partial charge in [0.05, 0.1) is 24.1 Å². The van der Waals surface area contributed by atoms with Crippen molar-refractivity contribution >= 4 is 5.69 Å². The molecular formula is C11H12F2N4. The highest BCUT2D eigenvalue weighted by molar-refractivity contribution is 5.48. The van der Waals surface area contributed by atoms with Crippen LogP contribution < -0.4 is 5.32 Å². The Bertz CT molecular complexity index is 453. The largest absolute Gasteiger partial charge is 0.377 e. The predicted octanol–water partition coefficient (Wildman–Crippen LogP) is 2.33. The van der Waals surface area contributed by atoms with Crippen molar-refractivity contribution in [3.05, 3.63) is 36.7 Å². The molecule has 0 amide bonds. The molecule has 0 bridgehead atoms. The zero-order valence-electron chi connectivity index (χ0n) is 9.22. The summed E-state index contributed by atoms with van der Waals surface area (Å²) in [5.74, 6) is 0. The molecule has 1 heterocycles. The van der Waals surface area contributed by atoms with E-state index < -0.39 is 12.5 Å². The Labute approximate surface area is 97.3 Å². The van der Waals surface area contributed by atoms with E-state index in [0.717, 1.165) is 5.69 Å². The molecule has 0 aliphatic rings. The van der Waals surface area contributed by atoms with Gasteiger partial charge in [0.25, 0.3) is 6.43 Å². The van der Waals surface area contributed by atoms with Gasteiger partial charge in [-0.1, -0.05) is 0 Å². The third-order valence-corrected chi connectivity index (χ3v) is 2.29. The molecule has 0 saturated carbocycles. The van der Waals surface area contributed by atoms with E-state index in [1.807, 2.05) is 0 Å². The fourth-order valence-corrected chi connectivity index (χ4v) is 1.37. The van der Waals surface area contributed by atoms with Crippen LogP contribution in [-0.4, -0.2) is 27.5 Å². The minimum Gasteiger partial charge on any atom is -0.377 e. The molecule has 0 fully saturated rings. The molecule has 6 heteroatoms. The summed E-state index contributed by atoms with van der Waals surface area (Å²) in [5, 5.41) is 10.7. The predicted molar refractivity (Wildman–Crippen MR) is 60.4 cm³/mol. The van der Waals surface area contributed by atoms with Crippen molar-refractivity contribution in [2.24, 2.45) is 0 Å². The monoisotopic (exact) mass is 238 g/mol. The van der Waals surface area contributed by atoms with E-state index in [0.29, 0.717) is 5.69 Å². The quantitative estimate of drug-likeness (QED) is 0.889. The zero-order chi connectivity index (χ0) is 12.3. The Hall–Kier alpha value is -1.98. The Morgan fingerprint density at radius 1 is 1.12 bits per heavy atom. The lowest BCUT2D eigenvalue weighted by atomic mass is 10.2.